The van der Waals surface area contributed by atoms with E-state index in [0.29, 0.717) is 30.2 Å². The fourth-order valence-electron chi connectivity index (χ4n) is 3.68. The molecule has 1 aromatic heterocycles. The summed E-state index contributed by atoms with van der Waals surface area (Å²) in [6.07, 6.45) is -4.53. The molecule has 2 aromatic carbocycles. The number of fused-ring (bicyclic) bond motifs is 1. The van der Waals surface area contributed by atoms with Gasteiger partial charge in [-0.3, -0.25) is 0 Å². The number of ether oxygens (including phenoxy) is 1. The number of hydrogen-bond acceptors (Lipinski definition) is 6. The number of halogens is 6. The van der Waals surface area contributed by atoms with Crippen molar-refractivity contribution < 1.29 is 31.1 Å². The monoisotopic (exact) mass is 555 g/mol. The Balaban J connectivity index is 2.02. The molecule has 0 spiro atoms. The van der Waals surface area contributed by atoms with Crippen LogP contribution in [0.1, 0.15) is 0 Å². The lowest BCUT2D eigenvalue weighted by Crippen LogP contribution is -2.43. The van der Waals surface area contributed by atoms with Crippen molar-refractivity contribution in [2.45, 2.75) is 11.1 Å². The summed E-state index contributed by atoms with van der Waals surface area (Å²) in [4.78, 5) is 13.0. The highest BCUT2D eigenvalue weighted by molar-refractivity contribution is 7.90. The molecule has 1 saturated heterocycles. The summed E-state index contributed by atoms with van der Waals surface area (Å²) in [6, 6.07) is 6.77. The fraction of sp³-hybridized carbons (Fsp3) is 0.250. The van der Waals surface area contributed by atoms with Gasteiger partial charge in [0, 0.05) is 26.2 Å². The standard InChI is InChI=1S/C20H15Cl3F3N3O4S/c21-11-4-5-14-16(17(11)28-8-6-27-7-9-28)15(33-19(30)20(24,25)26)10-29(14)34(31,32)18-12(22)2-1-3-13(18)23/h1-5,10,27H,6-9H2. The molecule has 7 nitrogen and oxygen atoms in total. The van der Waals surface area contributed by atoms with E-state index >= 15 is 0 Å². The molecule has 2 heterocycles. The van der Waals surface area contributed by atoms with Crippen LogP contribution in [0, 0.1) is 0 Å². The molecular formula is C20H15Cl3F3N3O4S. The lowest BCUT2D eigenvalue weighted by atomic mass is 10.1. The Kier molecular flexibility index (Phi) is 6.69. The van der Waals surface area contributed by atoms with E-state index in [0.717, 1.165) is 6.20 Å². The van der Waals surface area contributed by atoms with Crippen LogP contribution in [0.25, 0.3) is 10.9 Å². The third-order valence-corrected chi connectivity index (χ3v) is 8.06. The Hall–Kier alpha value is -2.18. The number of piperazine rings is 1. The van der Waals surface area contributed by atoms with Crippen molar-refractivity contribution >= 4 is 67.4 Å². The first-order valence-electron chi connectivity index (χ1n) is 9.70. The molecule has 0 saturated carbocycles. The highest BCUT2D eigenvalue weighted by atomic mass is 35.5. The Labute approximate surface area is 207 Å². The molecule has 34 heavy (non-hydrogen) atoms. The lowest BCUT2D eigenvalue weighted by molar-refractivity contribution is -0.189. The quantitative estimate of drug-likeness (QED) is 0.469. The molecule has 0 bridgehead atoms. The van der Waals surface area contributed by atoms with Gasteiger partial charge in [-0.15, -0.1) is 0 Å². The third kappa shape index (κ3) is 4.42. The van der Waals surface area contributed by atoms with E-state index in [4.69, 9.17) is 34.8 Å². The average molecular weight is 557 g/mol. The van der Waals surface area contributed by atoms with E-state index < -0.39 is 32.8 Å². The van der Waals surface area contributed by atoms with Crippen molar-refractivity contribution in [3.63, 3.8) is 0 Å². The van der Waals surface area contributed by atoms with E-state index in [-0.39, 0.29) is 31.7 Å². The zero-order valence-corrected chi connectivity index (χ0v) is 20.1. The number of hydrogen-bond donors (Lipinski definition) is 1. The summed E-state index contributed by atoms with van der Waals surface area (Å²) in [7, 11) is -4.53. The Bertz CT molecular complexity index is 1370. The number of nitrogens with zero attached hydrogens (tertiary/aromatic N) is 2. The molecular weight excluding hydrogens is 542 g/mol. The molecule has 0 radical (unpaired) electrons. The minimum absolute atomic E-state index is 0.0705. The molecule has 0 atom stereocenters. The van der Waals surface area contributed by atoms with Gasteiger partial charge in [-0.2, -0.15) is 13.2 Å². The Morgan fingerprint density at radius 1 is 1.00 bits per heavy atom. The Morgan fingerprint density at radius 3 is 2.21 bits per heavy atom. The number of anilines is 1. The van der Waals surface area contributed by atoms with Crippen molar-refractivity contribution in [2.75, 3.05) is 31.1 Å². The number of carbonyl (C=O) groups excluding carboxylic acids is 1. The van der Waals surface area contributed by atoms with Gasteiger partial charge in [-0.25, -0.2) is 17.2 Å². The van der Waals surface area contributed by atoms with Gasteiger partial charge in [0.15, 0.2) is 5.75 Å². The van der Waals surface area contributed by atoms with E-state index in [1.54, 1.807) is 4.90 Å². The zero-order chi connectivity index (χ0) is 24.8. The molecule has 1 aliphatic heterocycles. The fourth-order valence-corrected chi connectivity index (χ4v) is 6.41. The van der Waals surface area contributed by atoms with Gasteiger partial charge in [0.2, 0.25) is 0 Å². The molecule has 0 amide bonds. The second-order valence-electron chi connectivity index (χ2n) is 7.26. The highest BCUT2D eigenvalue weighted by Crippen LogP contribution is 2.44. The predicted molar refractivity (Wildman–Crippen MR) is 123 cm³/mol. The Morgan fingerprint density at radius 2 is 1.62 bits per heavy atom. The van der Waals surface area contributed by atoms with Crippen LogP contribution in [0.3, 0.4) is 0 Å². The van der Waals surface area contributed by atoms with Crippen LogP contribution in [0.4, 0.5) is 18.9 Å². The molecule has 1 aliphatic rings. The van der Waals surface area contributed by atoms with Crippen LogP contribution < -0.4 is 15.0 Å². The number of carbonyl (C=O) groups is 1. The van der Waals surface area contributed by atoms with Gasteiger partial charge in [0.1, 0.15) is 4.90 Å². The van der Waals surface area contributed by atoms with Crippen molar-refractivity contribution in [3.8, 4) is 5.75 Å². The summed E-state index contributed by atoms with van der Waals surface area (Å²) in [5.74, 6) is -3.13. The van der Waals surface area contributed by atoms with Gasteiger partial charge in [0.25, 0.3) is 10.0 Å². The minimum atomic E-state index is -5.31. The second-order valence-corrected chi connectivity index (χ2v) is 10.2. The first kappa shape index (κ1) is 24.9. The summed E-state index contributed by atoms with van der Waals surface area (Å²) in [5, 5.41) is 2.82. The summed E-state index contributed by atoms with van der Waals surface area (Å²) in [6.45, 7) is 1.97. The van der Waals surface area contributed by atoms with Gasteiger partial charge in [0.05, 0.1) is 37.9 Å². The van der Waals surface area contributed by atoms with Crippen LogP contribution in [0.15, 0.2) is 41.4 Å². The smallest absolute Gasteiger partial charge is 0.417 e. The molecule has 1 fully saturated rings. The molecule has 3 aromatic rings. The average Bonchev–Trinajstić information content (AvgIpc) is 3.12. The van der Waals surface area contributed by atoms with Gasteiger partial charge in [-0.05, 0) is 24.3 Å². The second kappa shape index (κ2) is 9.12. The van der Waals surface area contributed by atoms with Crippen LogP contribution in [-0.2, 0) is 14.8 Å². The van der Waals surface area contributed by atoms with Gasteiger partial charge in [-0.1, -0.05) is 40.9 Å². The van der Waals surface area contributed by atoms with Crippen molar-refractivity contribution in [1.29, 1.82) is 0 Å². The summed E-state index contributed by atoms with van der Waals surface area (Å²) >= 11 is 18.6. The third-order valence-electron chi connectivity index (χ3n) is 5.13. The minimum Gasteiger partial charge on any atom is -0.417 e. The van der Waals surface area contributed by atoms with Crippen LogP contribution in [-0.4, -0.2) is 50.7 Å². The molecule has 4 rings (SSSR count). The number of aromatic nitrogens is 1. The maximum atomic E-state index is 13.5. The number of alkyl halides is 3. The van der Waals surface area contributed by atoms with E-state index in [2.05, 4.69) is 10.1 Å². The molecule has 0 aliphatic carbocycles. The highest BCUT2D eigenvalue weighted by Gasteiger charge is 2.42. The van der Waals surface area contributed by atoms with Gasteiger partial charge >= 0.3 is 12.1 Å². The molecule has 182 valence electrons. The van der Waals surface area contributed by atoms with Gasteiger partial charge < -0.3 is 15.0 Å². The number of nitrogens with one attached hydrogen (secondary N) is 1. The van der Waals surface area contributed by atoms with Crippen molar-refractivity contribution in [3.05, 3.63) is 51.6 Å². The molecule has 0 unspecified atom stereocenters. The first-order chi connectivity index (χ1) is 15.9. The normalized spacial score (nSPS) is 15.1. The van der Waals surface area contributed by atoms with Crippen molar-refractivity contribution in [2.24, 2.45) is 0 Å². The van der Waals surface area contributed by atoms with Crippen LogP contribution >= 0.6 is 34.8 Å². The summed E-state index contributed by atoms with van der Waals surface area (Å²) < 4.78 is 71.4. The molecule has 1 N–H and O–H groups in total. The summed E-state index contributed by atoms with van der Waals surface area (Å²) in [5.41, 5.74) is 0.170. The van der Waals surface area contributed by atoms with Crippen LogP contribution in [0.2, 0.25) is 15.1 Å². The lowest BCUT2D eigenvalue weighted by Gasteiger charge is -2.31. The molecule has 14 heteroatoms. The van der Waals surface area contributed by atoms with Crippen molar-refractivity contribution in [1.82, 2.24) is 9.29 Å². The zero-order valence-electron chi connectivity index (χ0n) is 17.0. The van der Waals surface area contributed by atoms with E-state index in [1.807, 2.05) is 0 Å². The topological polar surface area (TPSA) is 80.6 Å². The maximum Gasteiger partial charge on any atom is 0.491 e. The first-order valence-corrected chi connectivity index (χ1v) is 12.3. The van der Waals surface area contributed by atoms with Crippen LogP contribution in [0.5, 0.6) is 5.75 Å². The number of benzene rings is 2. The van der Waals surface area contributed by atoms with E-state index in [9.17, 15) is 26.4 Å². The maximum absolute atomic E-state index is 13.5. The van der Waals surface area contributed by atoms with E-state index in [1.165, 1.54) is 30.3 Å². The predicted octanol–water partition coefficient (Wildman–Crippen LogP) is 4.72. The number of rotatable bonds is 4. The SMILES string of the molecule is O=C(Oc1cn(S(=O)(=O)c2c(Cl)cccc2Cl)c2ccc(Cl)c(N3CCNCC3)c12)C(F)(F)F. The largest absolute Gasteiger partial charge is 0.491 e. The number of esters is 1.